The Morgan fingerprint density at radius 3 is 2.88 bits per heavy atom. The third kappa shape index (κ3) is 6.27. The van der Waals surface area contributed by atoms with Crippen molar-refractivity contribution < 1.29 is 4.57 Å². The maximum Gasteiger partial charge on any atom is 0.177 e. The Labute approximate surface area is 53.4 Å². The highest BCUT2D eigenvalue weighted by atomic mass is 32.0. The van der Waals surface area contributed by atoms with Crippen molar-refractivity contribution in [2.45, 2.75) is 13.3 Å². The molecule has 0 N–H and O–H groups in total. The molecule has 0 fully saturated rings. The van der Waals surface area contributed by atoms with Crippen molar-refractivity contribution in [2.24, 2.45) is 0 Å². The summed E-state index contributed by atoms with van der Waals surface area (Å²) in [4.78, 5) is 0. The van der Waals surface area contributed by atoms with Gasteiger partial charge in [-0.1, -0.05) is 5.57 Å². The second-order valence-corrected chi connectivity index (χ2v) is 4.20. The average molecular weight is 148 g/mol. The minimum Gasteiger partial charge on any atom is -0.270 e. The van der Waals surface area contributed by atoms with E-state index in [9.17, 15) is 4.57 Å². The SMILES string of the molecule is C=C(C)CCPP=O. The van der Waals surface area contributed by atoms with Gasteiger partial charge in [0.2, 0.25) is 0 Å². The molecule has 0 saturated carbocycles. The van der Waals surface area contributed by atoms with E-state index in [2.05, 4.69) is 6.58 Å². The van der Waals surface area contributed by atoms with Crippen molar-refractivity contribution in [2.75, 3.05) is 6.16 Å². The summed E-state index contributed by atoms with van der Waals surface area (Å²) in [5.41, 5.74) is 1.18. The Hall–Kier alpha value is 0.270. The standard InChI is InChI=1S/C5H10OP2/c1-5(2)3-4-7-8-6/h7H,1,3-4H2,2H3. The van der Waals surface area contributed by atoms with Gasteiger partial charge in [-0.05, 0) is 27.8 Å². The van der Waals surface area contributed by atoms with Crippen LogP contribution in [0.25, 0.3) is 0 Å². The molecule has 0 heterocycles. The summed E-state index contributed by atoms with van der Waals surface area (Å²) in [5.74, 6) is 0. The van der Waals surface area contributed by atoms with E-state index < -0.39 is 0 Å². The van der Waals surface area contributed by atoms with E-state index in [-0.39, 0.29) is 8.15 Å². The van der Waals surface area contributed by atoms with Gasteiger partial charge in [-0.15, -0.1) is 6.58 Å². The molecule has 0 aliphatic heterocycles. The van der Waals surface area contributed by atoms with Crippen LogP contribution in [0.5, 0.6) is 0 Å². The highest BCUT2D eigenvalue weighted by Crippen LogP contribution is 2.27. The van der Waals surface area contributed by atoms with Crippen LogP contribution >= 0.6 is 16.4 Å². The zero-order chi connectivity index (χ0) is 6.41. The van der Waals surface area contributed by atoms with Crippen LogP contribution in [-0.4, -0.2) is 6.16 Å². The van der Waals surface area contributed by atoms with Gasteiger partial charge in [0, 0.05) is 0 Å². The molecule has 0 bridgehead atoms. The van der Waals surface area contributed by atoms with Gasteiger partial charge in [-0.2, -0.15) is 0 Å². The Bertz CT molecular complexity index is 90.4. The van der Waals surface area contributed by atoms with E-state index in [1.807, 2.05) is 6.92 Å². The first kappa shape index (κ1) is 8.27. The number of allylic oxidation sites excluding steroid dienone is 1. The van der Waals surface area contributed by atoms with Gasteiger partial charge in [0.1, 0.15) is 0 Å². The van der Waals surface area contributed by atoms with Crippen molar-refractivity contribution in [3.8, 4) is 0 Å². The summed E-state index contributed by atoms with van der Waals surface area (Å²) in [7, 11) is 0.851. The predicted molar refractivity (Wildman–Crippen MR) is 40.2 cm³/mol. The van der Waals surface area contributed by atoms with Crippen LogP contribution in [0.2, 0.25) is 0 Å². The van der Waals surface area contributed by atoms with Gasteiger partial charge in [0.15, 0.2) is 8.15 Å². The van der Waals surface area contributed by atoms with Crippen LogP contribution in [0.15, 0.2) is 12.2 Å². The smallest absolute Gasteiger partial charge is 0.177 e. The van der Waals surface area contributed by atoms with E-state index in [1.165, 1.54) is 5.57 Å². The number of hydrogen-bond acceptors (Lipinski definition) is 1. The van der Waals surface area contributed by atoms with Gasteiger partial charge in [0.05, 0.1) is 0 Å². The zero-order valence-corrected chi connectivity index (χ0v) is 6.87. The van der Waals surface area contributed by atoms with Crippen LogP contribution in [-0.2, 0) is 4.57 Å². The lowest BCUT2D eigenvalue weighted by Crippen LogP contribution is -1.73. The molecule has 0 aliphatic carbocycles. The summed E-state index contributed by atoms with van der Waals surface area (Å²) in [6.07, 6.45) is 2.05. The van der Waals surface area contributed by atoms with Crippen LogP contribution < -0.4 is 0 Å². The molecule has 46 valence electrons. The lowest BCUT2D eigenvalue weighted by Gasteiger charge is -1.90. The van der Waals surface area contributed by atoms with Crippen molar-refractivity contribution in [1.29, 1.82) is 0 Å². The zero-order valence-electron chi connectivity index (χ0n) is 4.98. The Kier molecular flexibility index (Phi) is 5.59. The molecule has 0 aromatic rings. The second-order valence-electron chi connectivity index (χ2n) is 1.71. The fourth-order valence-corrected chi connectivity index (χ4v) is 1.55. The monoisotopic (exact) mass is 148 g/mol. The van der Waals surface area contributed by atoms with Gasteiger partial charge in [-0.25, -0.2) is 0 Å². The van der Waals surface area contributed by atoms with Gasteiger partial charge in [-0.3, -0.25) is 4.57 Å². The first-order chi connectivity index (χ1) is 3.77. The Morgan fingerprint density at radius 2 is 2.50 bits per heavy atom. The van der Waals surface area contributed by atoms with E-state index >= 15 is 0 Å². The predicted octanol–water partition coefficient (Wildman–Crippen LogP) is 2.84. The molecular formula is C5H10OP2. The molecule has 0 rings (SSSR count). The third-order valence-electron chi connectivity index (χ3n) is 0.728. The lowest BCUT2D eigenvalue weighted by molar-refractivity contribution is 0.605. The van der Waals surface area contributed by atoms with Crippen molar-refractivity contribution in [3.63, 3.8) is 0 Å². The normalized spacial score (nSPS) is 11.1. The van der Waals surface area contributed by atoms with E-state index in [4.69, 9.17) is 0 Å². The minimum atomic E-state index is 0.287. The van der Waals surface area contributed by atoms with Crippen LogP contribution in [0, 0.1) is 0 Å². The summed E-state index contributed by atoms with van der Waals surface area (Å²) in [5, 5.41) is 0. The van der Waals surface area contributed by atoms with E-state index in [0.29, 0.717) is 8.27 Å². The van der Waals surface area contributed by atoms with Crippen molar-refractivity contribution >= 4 is 16.4 Å². The second kappa shape index (κ2) is 5.41. The van der Waals surface area contributed by atoms with Crippen molar-refractivity contribution in [1.82, 2.24) is 0 Å². The maximum atomic E-state index is 9.87. The molecule has 0 spiro atoms. The third-order valence-corrected chi connectivity index (χ3v) is 2.39. The van der Waals surface area contributed by atoms with Crippen LogP contribution in [0.1, 0.15) is 13.3 Å². The van der Waals surface area contributed by atoms with E-state index in [0.717, 1.165) is 12.6 Å². The van der Waals surface area contributed by atoms with Crippen LogP contribution in [0.3, 0.4) is 0 Å². The molecule has 3 heteroatoms. The molecule has 1 unspecified atom stereocenters. The summed E-state index contributed by atoms with van der Waals surface area (Å²) >= 11 is 0. The summed E-state index contributed by atoms with van der Waals surface area (Å²) < 4.78 is 9.87. The molecule has 0 radical (unpaired) electrons. The minimum absolute atomic E-state index is 0.287. The number of rotatable bonds is 4. The lowest BCUT2D eigenvalue weighted by atomic mass is 10.3. The summed E-state index contributed by atoms with van der Waals surface area (Å²) in [6.45, 7) is 5.72. The largest absolute Gasteiger partial charge is 0.270 e. The first-order valence-corrected chi connectivity index (χ1v) is 5.33. The highest BCUT2D eigenvalue weighted by Gasteiger charge is 1.85. The van der Waals surface area contributed by atoms with E-state index in [1.54, 1.807) is 0 Å². The fraction of sp³-hybridized carbons (Fsp3) is 0.600. The molecule has 1 nitrogen and oxygen atoms in total. The molecule has 0 aliphatic rings. The Balaban J connectivity index is 2.93. The first-order valence-electron chi connectivity index (χ1n) is 2.47. The quantitative estimate of drug-likeness (QED) is 0.340. The molecule has 1 atom stereocenters. The molecule has 0 amide bonds. The molecule has 0 aromatic heterocycles. The van der Waals surface area contributed by atoms with Gasteiger partial charge >= 0.3 is 0 Å². The highest BCUT2D eigenvalue weighted by molar-refractivity contribution is 8.05. The number of hydrogen-bond donors (Lipinski definition) is 0. The molecular weight excluding hydrogens is 138 g/mol. The molecule has 8 heavy (non-hydrogen) atoms. The van der Waals surface area contributed by atoms with Gasteiger partial charge in [0.25, 0.3) is 0 Å². The van der Waals surface area contributed by atoms with Crippen LogP contribution in [0.4, 0.5) is 0 Å². The molecule has 0 saturated heterocycles. The van der Waals surface area contributed by atoms with Crippen molar-refractivity contribution in [3.05, 3.63) is 12.2 Å². The topological polar surface area (TPSA) is 17.1 Å². The average Bonchev–Trinajstić information content (AvgIpc) is 1.66. The maximum absolute atomic E-state index is 9.87. The van der Waals surface area contributed by atoms with Gasteiger partial charge < -0.3 is 0 Å². The fourth-order valence-electron chi connectivity index (χ4n) is 0.315. The Morgan fingerprint density at radius 1 is 1.88 bits per heavy atom. The molecule has 0 aromatic carbocycles. The summed E-state index contributed by atoms with van der Waals surface area (Å²) in [6, 6.07) is 0.